The number of carbonyl (C=O) groups excluding carboxylic acids is 1. The molecular weight excluding hydrogens is 339 g/mol. The number of rotatable bonds is 3. The molecule has 2 aliphatic heterocycles. The fraction of sp³-hybridized carbons (Fsp3) is 0.611. The molecule has 144 valence electrons. The van der Waals surface area contributed by atoms with Crippen molar-refractivity contribution in [3.63, 3.8) is 0 Å². The Morgan fingerprint density at radius 3 is 2.46 bits per heavy atom. The molecule has 0 aromatic heterocycles. The van der Waals surface area contributed by atoms with Crippen molar-refractivity contribution in [1.82, 2.24) is 4.90 Å². The van der Waals surface area contributed by atoms with Crippen LogP contribution in [0.15, 0.2) is 12.1 Å². The van der Waals surface area contributed by atoms with Gasteiger partial charge < -0.3 is 30.3 Å². The first-order chi connectivity index (χ1) is 12.2. The first-order valence-corrected chi connectivity index (χ1v) is 8.89. The minimum Gasteiger partial charge on any atom is -0.444 e. The summed E-state index contributed by atoms with van der Waals surface area (Å²) in [4.78, 5) is 15.7. The summed E-state index contributed by atoms with van der Waals surface area (Å²) in [5.41, 5.74) is 7.00. The molecule has 1 aromatic carbocycles. The van der Waals surface area contributed by atoms with Gasteiger partial charge >= 0.3 is 6.09 Å². The van der Waals surface area contributed by atoms with Gasteiger partial charge in [-0.3, -0.25) is 0 Å². The SMILES string of the molecule is CC(C)(C)OC(=O)N1CCN(c2cc(NC3COC3)c(N)cc2F)CC1. The van der Waals surface area contributed by atoms with Gasteiger partial charge in [-0.1, -0.05) is 0 Å². The average molecular weight is 366 g/mol. The molecule has 2 fully saturated rings. The highest BCUT2D eigenvalue weighted by atomic mass is 19.1. The van der Waals surface area contributed by atoms with E-state index in [0.717, 1.165) is 0 Å². The molecule has 8 heteroatoms. The van der Waals surface area contributed by atoms with Gasteiger partial charge in [-0.25, -0.2) is 9.18 Å². The number of anilines is 3. The van der Waals surface area contributed by atoms with Crippen LogP contribution in [0.25, 0.3) is 0 Å². The molecule has 2 heterocycles. The molecule has 2 aliphatic rings. The van der Waals surface area contributed by atoms with Crippen LogP contribution < -0.4 is 16.0 Å². The largest absolute Gasteiger partial charge is 0.444 e. The molecule has 0 spiro atoms. The summed E-state index contributed by atoms with van der Waals surface area (Å²) in [5, 5.41) is 3.28. The number of nitrogens with zero attached hydrogens (tertiary/aromatic N) is 2. The second kappa shape index (κ2) is 7.19. The summed E-state index contributed by atoms with van der Waals surface area (Å²) in [6, 6.07) is 3.29. The van der Waals surface area contributed by atoms with Gasteiger partial charge in [0.1, 0.15) is 11.4 Å². The number of benzene rings is 1. The topological polar surface area (TPSA) is 80.1 Å². The lowest BCUT2D eigenvalue weighted by atomic mass is 10.1. The van der Waals surface area contributed by atoms with E-state index in [-0.39, 0.29) is 18.0 Å². The lowest BCUT2D eigenvalue weighted by Gasteiger charge is -2.37. The Morgan fingerprint density at radius 1 is 1.27 bits per heavy atom. The van der Waals surface area contributed by atoms with Crippen LogP contribution in [-0.2, 0) is 9.47 Å². The van der Waals surface area contributed by atoms with Crippen molar-refractivity contribution < 1.29 is 18.7 Å². The molecule has 0 bridgehead atoms. The first-order valence-electron chi connectivity index (χ1n) is 8.89. The third-order valence-corrected chi connectivity index (χ3v) is 4.39. The molecule has 0 unspecified atom stereocenters. The lowest BCUT2D eigenvalue weighted by Crippen LogP contribution is -2.50. The maximum absolute atomic E-state index is 14.4. The quantitative estimate of drug-likeness (QED) is 0.799. The maximum Gasteiger partial charge on any atom is 0.410 e. The number of hydrogen-bond acceptors (Lipinski definition) is 6. The van der Waals surface area contributed by atoms with Crippen LogP contribution >= 0.6 is 0 Å². The van der Waals surface area contributed by atoms with E-state index in [0.29, 0.717) is 56.5 Å². The fourth-order valence-corrected chi connectivity index (χ4v) is 2.94. The van der Waals surface area contributed by atoms with Crippen LogP contribution in [0.3, 0.4) is 0 Å². The summed E-state index contributed by atoms with van der Waals surface area (Å²) in [6.45, 7) is 8.81. The van der Waals surface area contributed by atoms with E-state index in [2.05, 4.69) is 5.32 Å². The number of piperazine rings is 1. The fourth-order valence-electron chi connectivity index (χ4n) is 2.94. The van der Waals surface area contributed by atoms with Crippen molar-refractivity contribution in [3.8, 4) is 0 Å². The van der Waals surface area contributed by atoms with Gasteiger partial charge in [-0.15, -0.1) is 0 Å². The summed E-state index contributed by atoms with van der Waals surface area (Å²) >= 11 is 0. The van der Waals surface area contributed by atoms with Gasteiger partial charge in [0.2, 0.25) is 0 Å². The van der Waals surface area contributed by atoms with Crippen molar-refractivity contribution in [3.05, 3.63) is 17.9 Å². The molecule has 3 N–H and O–H groups in total. The standard InChI is InChI=1S/C18H27FN4O3/c1-18(2,3)26-17(24)23-6-4-22(5-7-23)16-9-15(14(20)8-13(16)19)21-12-10-25-11-12/h8-9,12,21H,4-7,10-11,20H2,1-3H3. The van der Waals surface area contributed by atoms with Crippen LogP contribution in [0.4, 0.5) is 26.2 Å². The molecule has 0 radical (unpaired) electrons. The Bertz CT molecular complexity index is 665. The Morgan fingerprint density at radius 2 is 1.92 bits per heavy atom. The average Bonchev–Trinajstić information content (AvgIpc) is 2.51. The number of hydrogen-bond donors (Lipinski definition) is 2. The number of halogens is 1. The summed E-state index contributed by atoms with van der Waals surface area (Å²) in [7, 11) is 0. The zero-order valence-corrected chi connectivity index (χ0v) is 15.5. The Balaban J connectivity index is 1.65. The Labute approximate surface area is 153 Å². The summed E-state index contributed by atoms with van der Waals surface area (Å²) in [6.07, 6.45) is -0.331. The van der Waals surface area contributed by atoms with Crippen molar-refractivity contribution >= 4 is 23.2 Å². The smallest absolute Gasteiger partial charge is 0.410 e. The predicted octanol–water partition coefficient (Wildman–Crippen LogP) is 2.28. The summed E-state index contributed by atoms with van der Waals surface area (Å²) in [5.74, 6) is -0.358. The Kier molecular flexibility index (Phi) is 5.13. The van der Waals surface area contributed by atoms with Gasteiger partial charge in [0, 0.05) is 32.2 Å². The normalized spacial score (nSPS) is 18.5. The predicted molar refractivity (Wildman–Crippen MR) is 99.1 cm³/mol. The molecule has 0 aliphatic carbocycles. The highest BCUT2D eigenvalue weighted by Gasteiger charge is 2.27. The third kappa shape index (κ3) is 4.30. The van der Waals surface area contributed by atoms with E-state index in [1.807, 2.05) is 25.7 Å². The molecule has 0 saturated carbocycles. The van der Waals surface area contributed by atoms with Gasteiger partial charge in [-0.05, 0) is 26.8 Å². The molecule has 26 heavy (non-hydrogen) atoms. The number of nitrogens with one attached hydrogen (secondary N) is 1. The van der Waals surface area contributed by atoms with Crippen molar-refractivity contribution in [2.75, 3.05) is 55.3 Å². The van der Waals surface area contributed by atoms with Crippen molar-refractivity contribution in [1.29, 1.82) is 0 Å². The van der Waals surface area contributed by atoms with Crippen LogP contribution in [0.1, 0.15) is 20.8 Å². The van der Waals surface area contributed by atoms with E-state index in [1.54, 1.807) is 11.0 Å². The molecule has 1 aromatic rings. The summed E-state index contributed by atoms with van der Waals surface area (Å²) < 4.78 is 25.0. The minimum atomic E-state index is -0.525. The molecule has 1 amide bonds. The number of nitrogens with two attached hydrogens (primary N) is 1. The molecule has 0 atom stereocenters. The van der Waals surface area contributed by atoms with Gasteiger partial charge in [-0.2, -0.15) is 0 Å². The highest BCUT2D eigenvalue weighted by Crippen LogP contribution is 2.31. The van der Waals surface area contributed by atoms with Crippen LogP contribution in [-0.4, -0.2) is 62.0 Å². The number of ether oxygens (including phenoxy) is 2. The number of amides is 1. The molecule has 2 saturated heterocycles. The van der Waals surface area contributed by atoms with Crippen molar-refractivity contribution in [2.45, 2.75) is 32.4 Å². The van der Waals surface area contributed by atoms with Gasteiger partial charge in [0.05, 0.1) is 36.3 Å². The second-order valence-corrected chi connectivity index (χ2v) is 7.72. The highest BCUT2D eigenvalue weighted by molar-refractivity contribution is 5.74. The van der Waals surface area contributed by atoms with Crippen LogP contribution in [0.5, 0.6) is 0 Å². The lowest BCUT2D eigenvalue weighted by molar-refractivity contribution is 0.0211. The van der Waals surface area contributed by atoms with E-state index in [4.69, 9.17) is 15.2 Å². The molecule has 3 rings (SSSR count). The minimum absolute atomic E-state index is 0.208. The van der Waals surface area contributed by atoms with E-state index < -0.39 is 5.60 Å². The van der Waals surface area contributed by atoms with Crippen LogP contribution in [0, 0.1) is 5.82 Å². The van der Waals surface area contributed by atoms with Crippen molar-refractivity contribution in [2.24, 2.45) is 0 Å². The first kappa shape index (κ1) is 18.6. The molecular formula is C18H27FN4O3. The second-order valence-electron chi connectivity index (χ2n) is 7.72. The monoisotopic (exact) mass is 366 g/mol. The number of nitrogen functional groups attached to an aromatic ring is 1. The zero-order valence-electron chi connectivity index (χ0n) is 15.5. The maximum atomic E-state index is 14.4. The van der Waals surface area contributed by atoms with E-state index >= 15 is 0 Å². The van der Waals surface area contributed by atoms with Gasteiger partial charge in [0.25, 0.3) is 0 Å². The van der Waals surface area contributed by atoms with Crippen LogP contribution in [0.2, 0.25) is 0 Å². The van der Waals surface area contributed by atoms with Gasteiger partial charge in [0.15, 0.2) is 0 Å². The Hall–Kier alpha value is -2.22. The third-order valence-electron chi connectivity index (χ3n) is 4.39. The zero-order chi connectivity index (χ0) is 18.9. The molecule has 7 nitrogen and oxygen atoms in total. The van der Waals surface area contributed by atoms with E-state index in [9.17, 15) is 9.18 Å². The van der Waals surface area contributed by atoms with E-state index in [1.165, 1.54) is 6.07 Å². The number of carbonyl (C=O) groups is 1.